The van der Waals surface area contributed by atoms with Gasteiger partial charge in [0.1, 0.15) is 5.75 Å². The van der Waals surface area contributed by atoms with Crippen LogP contribution in [0.25, 0.3) is 0 Å². The number of nitrogens with zero attached hydrogens (tertiary/aromatic N) is 1. The molecule has 1 N–H and O–H groups in total. The van der Waals surface area contributed by atoms with Gasteiger partial charge in [-0.15, -0.1) is 0 Å². The topological polar surface area (TPSA) is 75.7 Å². The number of carbonyl (C=O) groups is 1. The minimum absolute atomic E-state index is 0.132. The van der Waals surface area contributed by atoms with Gasteiger partial charge in [0.15, 0.2) is 0 Å². The lowest BCUT2D eigenvalue weighted by molar-refractivity contribution is -0.120. The Hall–Kier alpha value is -1.60. The maximum atomic E-state index is 12.8. The average Bonchev–Trinajstić information content (AvgIpc) is 2.62. The fourth-order valence-corrected chi connectivity index (χ4v) is 4.39. The van der Waals surface area contributed by atoms with E-state index in [1.807, 2.05) is 0 Å². The van der Waals surface area contributed by atoms with E-state index in [0.717, 1.165) is 0 Å². The molecule has 0 aromatic heterocycles. The molecule has 0 bridgehead atoms. The first-order valence-corrected chi connectivity index (χ1v) is 8.22. The fraction of sp³-hybridized carbons (Fsp3) is 0.500. The van der Waals surface area contributed by atoms with Gasteiger partial charge in [-0.25, -0.2) is 8.42 Å². The van der Waals surface area contributed by atoms with E-state index in [4.69, 9.17) is 4.74 Å². The Kier molecular flexibility index (Phi) is 4.53. The highest BCUT2D eigenvalue weighted by Crippen LogP contribution is 2.28. The summed E-state index contributed by atoms with van der Waals surface area (Å²) in [5.74, 6) is 0.359. The lowest BCUT2D eigenvalue weighted by Crippen LogP contribution is -2.37. The van der Waals surface area contributed by atoms with Crippen molar-refractivity contribution in [3.8, 4) is 5.75 Å². The van der Waals surface area contributed by atoms with Crippen LogP contribution in [0.2, 0.25) is 0 Å². The summed E-state index contributed by atoms with van der Waals surface area (Å²) in [4.78, 5) is 11.9. The molecule has 1 aliphatic rings. The zero-order valence-corrected chi connectivity index (χ0v) is 13.3. The zero-order chi connectivity index (χ0) is 15.6. The Bertz CT molecular complexity index is 632. The summed E-state index contributed by atoms with van der Waals surface area (Å²) in [6, 6.07) is 3.38. The number of ether oxygens (including phenoxy) is 1. The molecule has 0 spiro atoms. The van der Waals surface area contributed by atoms with E-state index in [2.05, 4.69) is 5.32 Å². The first-order valence-electron chi connectivity index (χ1n) is 6.78. The van der Waals surface area contributed by atoms with Crippen LogP contribution in [0.5, 0.6) is 5.75 Å². The second-order valence-electron chi connectivity index (χ2n) is 5.13. The van der Waals surface area contributed by atoms with Gasteiger partial charge in [-0.05, 0) is 43.5 Å². The monoisotopic (exact) mass is 312 g/mol. The summed E-state index contributed by atoms with van der Waals surface area (Å²) in [6.07, 6.45) is 0.610. The van der Waals surface area contributed by atoms with Gasteiger partial charge in [-0.3, -0.25) is 4.79 Å². The summed E-state index contributed by atoms with van der Waals surface area (Å²) in [6.45, 7) is 4.19. The SMILES string of the molecule is COc1cc(C)c(S(=O)(=O)N2CCCNC(=O)C2)c(C)c1. The molecule has 2 rings (SSSR count). The summed E-state index contributed by atoms with van der Waals surface area (Å²) >= 11 is 0. The van der Waals surface area contributed by atoms with Crippen LogP contribution in [0.15, 0.2) is 17.0 Å². The second-order valence-corrected chi connectivity index (χ2v) is 7.01. The van der Waals surface area contributed by atoms with Crippen molar-refractivity contribution in [1.29, 1.82) is 0 Å². The van der Waals surface area contributed by atoms with Gasteiger partial charge in [0.05, 0.1) is 18.6 Å². The predicted molar refractivity (Wildman–Crippen MR) is 78.9 cm³/mol. The van der Waals surface area contributed by atoms with Crippen molar-refractivity contribution >= 4 is 15.9 Å². The van der Waals surface area contributed by atoms with E-state index in [-0.39, 0.29) is 17.3 Å². The summed E-state index contributed by atoms with van der Waals surface area (Å²) in [7, 11) is -2.14. The van der Waals surface area contributed by atoms with E-state index in [1.165, 1.54) is 4.31 Å². The highest BCUT2D eigenvalue weighted by Gasteiger charge is 2.30. The number of amides is 1. The van der Waals surface area contributed by atoms with Crippen molar-refractivity contribution < 1.29 is 17.9 Å². The number of benzene rings is 1. The molecule has 1 fully saturated rings. The number of nitrogens with one attached hydrogen (secondary N) is 1. The number of hydrogen-bond acceptors (Lipinski definition) is 4. The molecule has 0 unspecified atom stereocenters. The van der Waals surface area contributed by atoms with Crippen molar-refractivity contribution in [2.45, 2.75) is 25.2 Å². The maximum absolute atomic E-state index is 12.8. The lowest BCUT2D eigenvalue weighted by Gasteiger charge is -2.21. The number of carbonyl (C=O) groups excluding carboxylic acids is 1. The number of hydrogen-bond donors (Lipinski definition) is 1. The van der Waals surface area contributed by atoms with E-state index in [0.29, 0.717) is 36.4 Å². The van der Waals surface area contributed by atoms with Crippen LogP contribution in [-0.4, -0.2) is 45.4 Å². The van der Waals surface area contributed by atoms with Crippen molar-refractivity contribution in [3.05, 3.63) is 23.3 Å². The third-order valence-electron chi connectivity index (χ3n) is 3.49. The maximum Gasteiger partial charge on any atom is 0.244 e. The van der Waals surface area contributed by atoms with Crippen LogP contribution in [0.4, 0.5) is 0 Å². The lowest BCUT2D eigenvalue weighted by atomic mass is 10.1. The molecule has 1 aromatic rings. The molecule has 0 saturated carbocycles. The molecular weight excluding hydrogens is 292 g/mol. The van der Waals surface area contributed by atoms with Gasteiger partial charge in [-0.2, -0.15) is 4.31 Å². The van der Waals surface area contributed by atoms with Gasteiger partial charge in [0.25, 0.3) is 0 Å². The molecule has 1 heterocycles. The highest BCUT2D eigenvalue weighted by molar-refractivity contribution is 7.89. The van der Waals surface area contributed by atoms with E-state index in [1.54, 1.807) is 33.1 Å². The summed E-state index contributed by atoms with van der Waals surface area (Å²) in [5, 5.41) is 2.68. The second kappa shape index (κ2) is 6.03. The van der Waals surface area contributed by atoms with Gasteiger partial charge in [0.2, 0.25) is 15.9 Å². The zero-order valence-electron chi connectivity index (χ0n) is 12.5. The van der Waals surface area contributed by atoms with Crippen LogP contribution in [-0.2, 0) is 14.8 Å². The molecule has 0 atom stereocenters. The minimum Gasteiger partial charge on any atom is -0.497 e. The molecule has 1 saturated heterocycles. The Morgan fingerprint density at radius 3 is 2.43 bits per heavy atom. The Morgan fingerprint density at radius 1 is 1.24 bits per heavy atom. The normalized spacial score (nSPS) is 17.2. The number of rotatable bonds is 3. The molecule has 1 aromatic carbocycles. The van der Waals surface area contributed by atoms with E-state index in [9.17, 15) is 13.2 Å². The molecule has 0 radical (unpaired) electrons. The third kappa shape index (κ3) is 3.19. The largest absolute Gasteiger partial charge is 0.497 e. The Labute approximate surface area is 125 Å². The van der Waals surface area contributed by atoms with Gasteiger partial charge < -0.3 is 10.1 Å². The third-order valence-corrected chi connectivity index (χ3v) is 5.65. The van der Waals surface area contributed by atoms with Crippen molar-refractivity contribution in [1.82, 2.24) is 9.62 Å². The van der Waals surface area contributed by atoms with Crippen molar-refractivity contribution in [2.24, 2.45) is 0 Å². The molecule has 21 heavy (non-hydrogen) atoms. The van der Waals surface area contributed by atoms with Gasteiger partial charge in [-0.1, -0.05) is 0 Å². The highest BCUT2D eigenvalue weighted by atomic mass is 32.2. The van der Waals surface area contributed by atoms with Crippen molar-refractivity contribution in [2.75, 3.05) is 26.7 Å². The van der Waals surface area contributed by atoms with Gasteiger partial charge >= 0.3 is 0 Å². The molecular formula is C14H20N2O4S. The minimum atomic E-state index is -3.69. The molecule has 116 valence electrons. The fourth-order valence-electron chi connectivity index (χ4n) is 2.55. The van der Waals surface area contributed by atoms with Crippen LogP contribution in [0, 0.1) is 13.8 Å². The number of sulfonamides is 1. The summed E-state index contributed by atoms with van der Waals surface area (Å²) in [5.41, 5.74) is 1.24. The molecule has 6 nitrogen and oxygen atoms in total. The Balaban J connectivity index is 2.46. The van der Waals surface area contributed by atoms with Crippen LogP contribution in [0.1, 0.15) is 17.5 Å². The first-order chi connectivity index (χ1) is 9.86. The molecule has 0 aliphatic carbocycles. The quantitative estimate of drug-likeness (QED) is 0.897. The molecule has 1 amide bonds. The smallest absolute Gasteiger partial charge is 0.244 e. The molecule has 7 heteroatoms. The van der Waals surface area contributed by atoms with Gasteiger partial charge in [0, 0.05) is 13.1 Å². The standard InChI is InChI=1S/C14H20N2O4S/c1-10-7-12(20-3)8-11(2)14(10)21(18,19)16-6-4-5-15-13(17)9-16/h7-8H,4-6,9H2,1-3H3,(H,15,17). The van der Waals surface area contributed by atoms with Crippen LogP contribution >= 0.6 is 0 Å². The number of aryl methyl sites for hydroxylation is 2. The van der Waals surface area contributed by atoms with E-state index >= 15 is 0 Å². The van der Waals surface area contributed by atoms with Crippen LogP contribution in [0.3, 0.4) is 0 Å². The first kappa shape index (κ1) is 15.8. The molecule has 1 aliphatic heterocycles. The average molecular weight is 312 g/mol. The Morgan fingerprint density at radius 2 is 1.86 bits per heavy atom. The summed E-state index contributed by atoms with van der Waals surface area (Å²) < 4.78 is 32.1. The van der Waals surface area contributed by atoms with Crippen molar-refractivity contribution in [3.63, 3.8) is 0 Å². The predicted octanol–water partition coefficient (Wildman–Crippen LogP) is 0.823. The van der Waals surface area contributed by atoms with Crippen LogP contribution < -0.4 is 10.1 Å². The van der Waals surface area contributed by atoms with E-state index < -0.39 is 10.0 Å². The number of methoxy groups -OCH3 is 1.